The quantitative estimate of drug-likeness (QED) is 0.203. The Hall–Kier alpha value is -4.04. The van der Waals surface area contributed by atoms with Crippen molar-refractivity contribution in [3.05, 3.63) is 105 Å². The number of ether oxygens (including phenoxy) is 1. The van der Waals surface area contributed by atoms with Crippen LogP contribution in [-0.2, 0) is 6.61 Å². The molecule has 1 N–H and O–H groups in total. The van der Waals surface area contributed by atoms with Crippen LogP contribution in [0.3, 0.4) is 0 Å². The summed E-state index contributed by atoms with van der Waals surface area (Å²) in [5.41, 5.74) is 7.44. The Morgan fingerprint density at radius 1 is 1.12 bits per heavy atom. The first kappa shape index (κ1) is 21.2. The lowest BCUT2D eigenvalue weighted by Gasteiger charge is -2.10. The number of hydrogen-bond acceptors (Lipinski definition) is 7. The molecule has 0 aliphatic heterocycles. The van der Waals surface area contributed by atoms with Gasteiger partial charge in [-0.05, 0) is 30.2 Å². The van der Waals surface area contributed by atoms with Crippen LogP contribution in [0.15, 0.2) is 83.3 Å². The van der Waals surface area contributed by atoms with Crippen molar-refractivity contribution in [3.8, 4) is 17.0 Å². The van der Waals surface area contributed by atoms with Crippen LogP contribution in [0.5, 0.6) is 5.75 Å². The SMILES string of the molecule is Cc1ccccc1COc1ccccc1/C=N/Nc1nc(-c2cccc([N+](=O)[O-])c2)cs1. The molecule has 7 nitrogen and oxygen atoms in total. The van der Waals surface area contributed by atoms with Crippen molar-refractivity contribution >= 4 is 28.4 Å². The predicted molar refractivity (Wildman–Crippen MR) is 127 cm³/mol. The monoisotopic (exact) mass is 444 g/mol. The summed E-state index contributed by atoms with van der Waals surface area (Å²) in [6, 6.07) is 22.2. The fraction of sp³-hybridized carbons (Fsp3) is 0.0833. The molecule has 0 saturated heterocycles. The molecule has 8 heteroatoms. The van der Waals surface area contributed by atoms with E-state index in [9.17, 15) is 10.1 Å². The molecule has 0 unspecified atom stereocenters. The maximum absolute atomic E-state index is 11.0. The number of nitro benzene ring substituents is 1. The van der Waals surface area contributed by atoms with E-state index in [0.717, 1.165) is 16.9 Å². The minimum atomic E-state index is -0.419. The molecule has 0 atom stereocenters. The minimum absolute atomic E-state index is 0.0327. The number of aryl methyl sites for hydroxylation is 1. The number of anilines is 1. The van der Waals surface area contributed by atoms with E-state index < -0.39 is 4.92 Å². The Morgan fingerprint density at radius 3 is 2.78 bits per heavy atom. The van der Waals surface area contributed by atoms with Crippen LogP contribution in [0.4, 0.5) is 10.8 Å². The molecule has 1 heterocycles. The standard InChI is InChI=1S/C24H20N4O3S/c1-17-7-2-3-9-20(17)15-31-23-12-5-4-8-19(23)14-25-27-24-26-22(16-32-24)18-10-6-11-21(13-18)28(29)30/h2-14,16H,15H2,1H3,(H,26,27)/b25-14+. The third kappa shape index (κ3) is 5.16. The number of non-ortho nitro benzene ring substituents is 1. The third-order valence-corrected chi connectivity index (χ3v) is 5.53. The second-order valence-electron chi connectivity index (χ2n) is 6.97. The molecule has 0 spiro atoms. The Bertz CT molecular complexity index is 1270. The maximum Gasteiger partial charge on any atom is 0.270 e. The molecule has 0 aliphatic carbocycles. The van der Waals surface area contributed by atoms with Gasteiger partial charge in [0.2, 0.25) is 5.13 Å². The lowest BCUT2D eigenvalue weighted by Crippen LogP contribution is -2.00. The van der Waals surface area contributed by atoms with E-state index >= 15 is 0 Å². The summed E-state index contributed by atoms with van der Waals surface area (Å²) in [6.45, 7) is 2.54. The number of nitrogens with one attached hydrogen (secondary N) is 1. The number of nitro groups is 1. The summed E-state index contributed by atoms with van der Waals surface area (Å²) in [6.07, 6.45) is 1.68. The number of para-hydroxylation sites is 1. The summed E-state index contributed by atoms with van der Waals surface area (Å²) >= 11 is 1.37. The van der Waals surface area contributed by atoms with Crippen molar-refractivity contribution in [1.29, 1.82) is 0 Å². The summed E-state index contributed by atoms with van der Waals surface area (Å²) in [5, 5.41) is 17.7. The van der Waals surface area contributed by atoms with Crippen molar-refractivity contribution in [1.82, 2.24) is 4.98 Å². The predicted octanol–water partition coefficient (Wildman–Crippen LogP) is 6.05. The van der Waals surface area contributed by atoms with Gasteiger partial charge in [0.1, 0.15) is 12.4 Å². The van der Waals surface area contributed by atoms with Gasteiger partial charge in [-0.1, -0.05) is 48.5 Å². The van der Waals surface area contributed by atoms with Gasteiger partial charge < -0.3 is 4.74 Å². The van der Waals surface area contributed by atoms with Crippen LogP contribution >= 0.6 is 11.3 Å². The van der Waals surface area contributed by atoms with Crippen LogP contribution in [0.2, 0.25) is 0 Å². The van der Waals surface area contributed by atoms with Crippen LogP contribution in [0.25, 0.3) is 11.3 Å². The van der Waals surface area contributed by atoms with E-state index in [1.54, 1.807) is 18.3 Å². The molecule has 0 radical (unpaired) electrons. The van der Waals surface area contributed by atoms with Crippen molar-refractivity contribution in [2.24, 2.45) is 5.10 Å². The van der Waals surface area contributed by atoms with Crippen LogP contribution in [0.1, 0.15) is 16.7 Å². The molecule has 0 amide bonds. The first-order chi connectivity index (χ1) is 15.6. The topological polar surface area (TPSA) is 89.7 Å². The Labute approximate surface area is 189 Å². The molecular formula is C24H20N4O3S. The van der Waals surface area contributed by atoms with Gasteiger partial charge in [0.15, 0.2) is 0 Å². The lowest BCUT2D eigenvalue weighted by molar-refractivity contribution is -0.384. The number of benzene rings is 3. The Balaban J connectivity index is 1.42. The lowest BCUT2D eigenvalue weighted by atomic mass is 10.1. The molecule has 0 fully saturated rings. The molecule has 3 aromatic carbocycles. The molecule has 4 aromatic rings. The Kier molecular flexibility index (Phi) is 6.52. The second kappa shape index (κ2) is 9.84. The highest BCUT2D eigenvalue weighted by atomic mass is 32.1. The van der Waals surface area contributed by atoms with Crippen molar-refractivity contribution in [2.45, 2.75) is 13.5 Å². The molecule has 32 heavy (non-hydrogen) atoms. The number of hydrazone groups is 1. The van der Waals surface area contributed by atoms with Gasteiger partial charge in [0.05, 0.1) is 16.8 Å². The average molecular weight is 445 g/mol. The van der Waals surface area contributed by atoms with Gasteiger partial charge >= 0.3 is 0 Å². The highest BCUT2D eigenvalue weighted by Crippen LogP contribution is 2.27. The molecule has 160 valence electrons. The minimum Gasteiger partial charge on any atom is -0.488 e. The summed E-state index contributed by atoms with van der Waals surface area (Å²) in [4.78, 5) is 15.0. The Morgan fingerprint density at radius 2 is 1.94 bits per heavy atom. The fourth-order valence-electron chi connectivity index (χ4n) is 3.04. The van der Waals surface area contributed by atoms with Gasteiger partial charge in [0.25, 0.3) is 5.69 Å². The van der Waals surface area contributed by atoms with E-state index in [4.69, 9.17) is 4.74 Å². The van der Waals surface area contributed by atoms with E-state index in [1.165, 1.54) is 29.0 Å². The second-order valence-corrected chi connectivity index (χ2v) is 7.83. The van der Waals surface area contributed by atoms with Crippen molar-refractivity contribution < 1.29 is 9.66 Å². The number of nitrogens with zero attached hydrogens (tertiary/aromatic N) is 3. The smallest absolute Gasteiger partial charge is 0.270 e. The van der Waals surface area contributed by atoms with Gasteiger partial charge in [-0.25, -0.2) is 4.98 Å². The zero-order valence-electron chi connectivity index (χ0n) is 17.3. The van der Waals surface area contributed by atoms with Crippen LogP contribution in [0, 0.1) is 17.0 Å². The number of hydrogen-bond donors (Lipinski definition) is 1. The average Bonchev–Trinajstić information content (AvgIpc) is 3.28. The molecule has 0 bridgehead atoms. The van der Waals surface area contributed by atoms with Gasteiger partial charge in [0, 0.05) is 28.6 Å². The van der Waals surface area contributed by atoms with Crippen LogP contribution < -0.4 is 10.2 Å². The number of thiazole rings is 1. The summed E-state index contributed by atoms with van der Waals surface area (Å²) < 4.78 is 6.01. The third-order valence-electron chi connectivity index (χ3n) is 4.78. The normalized spacial score (nSPS) is 10.9. The first-order valence-corrected chi connectivity index (χ1v) is 10.7. The van der Waals surface area contributed by atoms with E-state index in [2.05, 4.69) is 34.6 Å². The summed E-state index contributed by atoms with van der Waals surface area (Å²) in [5.74, 6) is 0.734. The number of aromatic nitrogens is 1. The molecular weight excluding hydrogens is 424 g/mol. The van der Waals surface area contributed by atoms with E-state index in [0.29, 0.717) is 23.0 Å². The molecule has 4 rings (SSSR count). The van der Waals surface area contributed by atoms with E-state index in [-0.39, 0.29) is 5.69 Å². The first-order valence-electron chi connectivity index (χ1n) is 9.86. The molecule has 0 aliphatic rings. The molecule has 1 aromatic heterocycles. The largest absolute Gasteiger partial charge is 0.488 e. The van der Waals surface area contributed by atoms with E-state index in [1.807, 2.05) is 41.8 Å². The number of rotatable bonds is 8. The zero-order chi connectivity index (χ0) is 22.3. The molecule has 0 saturated carbocycles. The van der Waals surface area contributed by atoms with Gasteiger partial charge in [-0.2, -0.15) is 5.10 Å². The van der Waals surface area contributed by atoms with Crippen LogP contribution in [-0.4, -0.2) is 16.1 Å². The zero-order valence-corrected chi connectivity index (χ0v) is 18.1. The highest BCUT2D eigenvalue weighted by Gasteiger charge is 2.10. The summed E-state index contributed by atoms with van der Waals surface area (Å²) in [7, 11) is 0. The highest BCUT2D eigenvalue weighted by molar-refractivity contribution is 7.14. The van der Waals surface area contributed by atoms with Gasteiger partial charge in [-0.3, -0.25) is 15.5 Å². The fourth-order valence-corrected chi connectivity index (χ4v) is 3.71. The maximum atomic E-state index is 11.0. The van der Waals surface area contributed by atoms with Crippen molar-refractivity contribution in [2.75, 3.05) is 5.43 Å². The van der Waals surface area contributed by atoms with Gasteiger partial charge in [-0.15, -0.1) is 11.3 Å². The van der Waals surface area contributed by atoms with Crippen molar-refractivity contribution in [3.63, 3.8) is 0 Å².